The zero-order valence-electron chi connectivity index (χ0n) is 14.3. The summed E-state index contributed by atoms with van der Waals surface area (Å²) in [5.74, 6) is 1.33. The molecule has 6 nitrogen and oxygen atoms in total. The highest BCUT2D eigenvalue weighted by Crippen LogP contribution is 2.18. The third-order valence-corrected chi connectivity index (χ3v) is 4.71. The molecule has 1 amide bonds. The lowest BCUT2D eigenvalue weighted by Crippen LogP contribution is -2.13. The Morgan fingerprint density at radius 1 is 1.19 bits per heavy atom. The second kappa shape index (κ2) is 8.44. The van der Waals surface area contributed by atoms with Crippen molar-refractivity contribution in [2.45, 2.75) is 19.4 Å². The van der Waals surface area contributed by atoms with Crippen LogP contribution in [0.2, 0.25) is 0 Å². The zero-order chi connectivity index (χ0) is 18.4. The highest BCUT2D eigenvalue weighted by Gasteiger charge is 2.10. The van der Waals surface area contributed by atoms with E-state index in [2.05, 4.69) is 10.3 Å². The fourth-order valence-electron chi connectivity index (χ4n) is 2.33. The maximum atomic E-state index is 12.0. The molecule has 1 aromatic carbocycles. The van der Waals surface area contributed by atoms with Crippen molar-refractivity contribution in [2.75, 3.05) is 5.32 Å². The molecule has 0 atom stereocenters. The largest absolute Gasteiger partial charge is 0.486 e. The van der Waals surface area contributed by atoms with Gasteiger partial charge in [-0.25, -0.2) is 4.98 Å². The molecule has 0 saturated heterocycles. The number of anilines is 1. The molecule has 0 saturated carbocycles. The Morgan fingerprint density at radius 2 is 2.00 bits per heavy atom. The van der Waals surface area contributed by atoms with Gasteiger partial charge in [0.2, 0.25) is 5.91 Å². The van der Waals surface area contributed by atoms with E-state index in [4.69, 9.17) is 4.74 Å². The second-order valence-corrected chi connectivity index (χ2v) is 6.66. The highest BCUT2D eigenvalue weighted by molar-refractivity contribution is 7.12. The molecule has 2 aromatic heterocycles. The van der Waals surface area contributed by atoms with Crippen LogP contribution < -0.4 is 10.1 Å². The molecule has 0 aliphatic heterocycles. The van der Waals surface area contributed by atoms with Crippen LogP contribution in [-0.4, -0.2) is 21.2 Å². The van der Waals surface area contributed by atoms with Gasteiger partial charge in [-0.05, 0) is 35.7 Å². The molecule has 134 valence electrons. The first-order chi connectivity index (χ1) is 12.6. The molecule has 0 fully saturated rings. The third kappa shape index (κ3) is 4.80. The van der Waals surface area contributed by atoms with E-state index in [-0.39, 0.29) is 24.5 Å². The molecule has 3 rings (SSSR count). The first-order valence-electron chi connectivity index (χ1n) is 8.17. The number of aromatic nitrogens is 2. The van der Waals surface area contributed by atoms with E-state index in [9.17, 15) is 9.59 Å². The number of hydrogen-bond donors (Lipinski definition) is 1. The molecule has 7 heteroatoms. The highest BCUT2D eigenvalue weighted by atomic mass is 32.1. The maximum Gasteiger partial charge on any atom is 0.224 e. The third-order valence-electron chi connectivity index (χ3n) is 3.80. The maximum absolute atomic E-state index is 12.0. The molecule has 2 heterocycles. The summed E-state index contributed by atoms with van der Waals surface area (Å²) in [4.78, 5) is 28.8. The van der Waals surface area contributed by atoms with Gasteiger partial charge in [0.25, 0.3) is 0 Å². The number of carbonyl (C=O) groups is 2. The van der Waals surface area contributed by atoms with Crippen molar-refractivity contribution in [1.82, 2.24) is 9.55 Å². The van der Waals surface area contributed by atoms with Gasteiger partial charge in [0.15, 0.2) is 5.78 Å². The van der Waals surface area contributed by atoms with Crippen LogP contribution in [-0.2, 0) is 18.4 Å². The number of ether oxygens (including phenoxy) is 1. The number of thiophene rings is 1. The average Bonchev–Trinajstić information content (AvgIpc) is 3.31. The molecule has 0 aliphatic carbocycles. The Bertz CT molecular complexity index is 870. The molecule has 1 N–H and O–H groups in total. The minimum absolute atomic E-state index is 0.00631. The molecule has 3 aromatic rings. The number of imidazole rings is 1. The van der Waals surface area contributed by atoms with Gasteiger partial charge in [0, 0.05) is 38.0 Å². The summed E-state index contributed by atoms with van der Waals surface area (Å²) in [7, 11) is 1.91. The summed E-state index contributed by atoms with van der Waals surface area (Å²) >= 11 is 1.39. The second-order valence-electron chi connectivity index (χ2n) is 5.72. The molecular weight excluding hydrogens is 350 g/mol. The fourth-order valence-corrected chi connectivity index (χ4v) is 3.02. The summed E-state index contributed by atoms with van der Waals surface area (Å²) in [6.07, 6.45) is 3.95. The van der Waals surface area contributed by atoms with Crippen LogP contribution >= 0.6 is 11.3 Å². The van der Waals surface area contributed by atoms with Gasteiger partial charge in [0.05, 0.1) is 4.88 Å². The first-order valence-corrected chi connectivity index (χ1v) is 9.05. The van der Waals surface area contributed by atoms with Crippen molar-refractivity contribution >= 4 is 28.7 Å². The van der Waals surface area contributed by atoms with Crippen LogP contribution in [0, 0.1) is 0 Å². The number of hydrogen-bond acceptors (Lipinski definition) is 5. The van der Waals surface area contributed by atoms with E-state index in [1.54, 1.807) is 36.5 Å². The van der Waals surface area contributed by atoms with Crippen LogP contribution in [0.5, 0.6) is 5.75 Å². The van der Waals surface area contributed by atoms with Crippen molar-refractivity contribution in [2.24, 2.45) is 7.05 Å². The molecule has 0 spiro atoms. The summed E-state index contributed by atoms with van der Waals surface area (Å²) in [5, 5.41) is 4.64. The summed E-state index contributed by atoms with van der Waals surface area (Å²) < 4.78 is 7.57. The standard InChI is InChI=1S/C19H19N3O3S/c1-22-11-10-20-18(22)13-25-15-6-4-14(5-7-15)21-19(24)9-8-16(23)17-3-2-12-26-17/h2-7,10-12H,8-9,13H2,1H3,(H,21,24). The van der Waals surface area contributed by atoms with E-state index < -0.39 is 0 Å². The Kier molecular flexibility index (Phi) is 5.80. The number of ketones is 1. The number of amides is 1. The van der Waals surface area contributed by atoms with Gasteiger partial charge < -0.3 is 14.6 Å². The number of carbonyl (C=O) groups excluding carboxylic acids is 2. The number of Topliss-reactive ketones (excluding diaryl/α,β-unsaturated/α-hetero) is 1. The Morgan fingerprint density at radius 3 is 2.65 bits per heavy atom. The van der Waals surface area contributed by atoms with E-state index in [0.717, 1.165) is 5.82 Å². The van der Waals surface area contributed by atoms with Crippen molar-refractivity contribution in [3.63, 3.8) is 0 Å². The van der Waals surface area contributed by atoms with Crippen molar-refractivity contribution in [1.29, 1.82) is 0 Å². The number of benzene rings is 1. The average molecular weight is 369 g/mol. The van der Waals surface area contributed by atoms with Crippen LogP contribution in [0.15, 0.2) is 54.2 Å². The van der Waals surface area contributed by atoms with Gasteiger partial charge >= 0.3 is 0 Å². The monoisotopic (exact) mass is 369 g/mol. The van der Waals surface area contributed by atoms with E-state index in [0.29, 0.717) is 22.9 Å². The minimum Gasteiger partial charge on any atom is -0.486 e. The molecular formula is C19H19N3O3S. The molecule has 0 aliphatic rings. The Labute approximate surface area is 155 Å². The summed E-state index contributed by atoms with van der Waals surface area (Å²) in [5.41, 5.74) is 0.669. The topological polar surface area (TPSA) is 73.2 Å². The quantitative estimate of drug-likeness (QED) is 0.615. The lowest BCUT2D eigenvalue weighted by Gasteiger charge is -2.08. The fraction of sp³-hybridized carbons (Fsp3) is 0.211. The summed E-state index contributed by atoms with van der Waals surface area (Å²) in [6.45, 7) is 0.375. The lowest BCUT2D eigenvalue weighted by molar-refractivity contribution is -0.116. The van der Waals surface area contributed by atoms with E-state index in [1.165, 1.54) is 11.3 Å². The minimum atomic E-state index is -0.184. The van der Waals surface area contributed by atoms with Crippen molar-refractivity contribution in [3.05, 3.63) is 64.9 Å². The van der Waals surface area contributed by atoms with Crippen LogP contribution in [0.4, 0.5) is 5.69 Å². The van der Waals surface area contributed by atoms with Crippen molar-refractivity contribution in [3.8, 4) is 5.75 Å². The van der Waals surface area contributed by atoms with Gasteiger partial charge in [-0.1, -0.05) is 6.07 Å². The Balaban J connectivity index is 1.45. The SMILES string of the molecule is Cn1ccnc1COc1ccc(NC(=O)CCC(=O)c2cccs2)cc1. The Hall–Kier alpha value is -2.93. The van der Waals surface area contributed by atoms with E-state index >= 15 is 0 Å². The molecule has 0 unspecified atom stereocenters. The van der Waals surface area contributed by atoms with Gasteiger partial charge in [-0.2, -0.15) is 0 Å². The number of aryl methyl sites for hydroxylation is 1. The number of nitrogens with one attached hydrogen (secondary N) is 1. The van der Waals surface area contributed by atoms with Gasteiger partial charge in [-0.3, -0.25) is 9.59 Å². The smallest absolute Gasteiger partial charge is 0.224 e. The van der Waals surface area contributed by atoms with Crippen LogP contribution in [0.3, 0.4) is 0 Å². The molecule has 0 bridgehead atoms. The number of nitrogens with zero attached hydrogens (tertiary/aromatic N) is 2. The zero-order valence-corrected chi connectivity index (χ0v) is 15.2. The number of rotatable bonds is 8. The van der Waals surface area contributed by atoms with Gasteiger partial charge in [0.1, 0.15) is 18.2 Å². The van der Waals surface area contributed by atoms with E-state index in [1.807, 2.05) is 29.3 Å². The predicted molar refractivity (Wildman–Crippen MR) is 100 cm³/mol. The molecule has 0 radical (unpaired) electrons. The van der Waals surface area contributed by atoms with Crippen molar-refractivity contribution < 1.29 is 14.3 Å². The summed E-state index contributed by atoms with van der Waals surface area (Å²) in [6, 6.07) is 10.7. The van der Waals surface area contributed by atoms with Crippen LogP contribution in [0.25, 0.3) is 0 Å². The molecule has 26 heavy (non-hydrogen) atoms. The predicted octanol–water partition coefficient (Wildman–Crippen LogP) is 3.66. The van der Waals surface area contributed by atoms with Gasteiger partial charge in [-0.15, -0.1) is 11.3 Å². The first kappa shape index (κ1) is 17.9. The van der Waals surface area contributed by atoms with Crippen LogP contribution in [0.1, 0.15) is 28.3 Å². The normalized spacial score (nSPS) is 10.5. The lowest BCUT2D eigenvalue weighted by atomic mass is 10.2.